The lowest BCUT2D eigenvalue weighted by atomic mass is 9.83. The third-order valence-corrected chi connectivity index (χ3v) is 2.41. The number of carbonyl (C=O) groups is 2. The lowest BCUT2D eigenvalue weighted by molar-refractivity contribution is -0.169. The molecule has 5 nitrogen and oxygen atoms in total. The fraction of sp³-hybridized carbons (Fsp3) is 0.846. The monoisotopic (exact) mass is 259 g/mol. The zero-order valence-electron chi connectivity index (χ0n) is 12.2. The first kappa shape index (κ1) is 16.9. The van der Waals surface area contributed by atoms with Gasteiger partial charge in [0.25, 0.3) is 0 Å². The quantitative estimate of drug-likeness (QED) is 0.595. The Bertz CT molecular complexity index is 325. The van der Waals surface area contributed by atoms with Gasteiger partial charge in [-0.2, -0.15) is 0 Å². The molecule has 0 aliphatic heterocycles. The van der Waals surface area contributed by atoms with Crippen LogP contribution in [0.3, 0.4) is 0 Å². The zero-order chi connectivity index (χ0) is 14.8. The van der Waals surface area contributed by atoms with Crippen LogP contribution in [-0.4, -0.2) is 28.2 Å². The van der Waals surface area contributed by atoms with Crippen molar-refractivity contribution in [2.45, 2.75) is 65.5 Å². The number of carbonyl (C=O) groups excluding carboxylic acids is 1. The molecule has 106 valence electrons. The van der Waals surface area contributed by atoms with E-state index in [4.69, 9.17) is 10.5 Å². The highest BCUT2D eigenvalue weighted by molar-refractivity contribution is 6.03. The van der Waals surface area contributed by atoms with E-state index in [9.17, 15) is 14.7 Å². The van der Waals surface area contributed by atoms with Crippen LogP contribution in [0.4, 0.5) is 0 Å². The molecule has 0 aromatic carbocycles. The second-order valence-corrected chi connectivity index (χ2v) is 6.84. The van der Waals surface area contributed by atoms with E-state index in [-0.39, 0.29) is 11.8 Å². The maximum absolute atomic E-state index is 11.9. The highest BCUT2D eigenvalue weighted by Gasteiger charge is 2.45. The van der Waals surface area contributed by atoms with Crippen LogP contribution in [0, 0.1) is 5.41 Å². The molecule has 0 aromatic rings. The number of nitrogens with two attached hydrogens (primary N) is 1. The van der Waals surface area contributed by atoms with Crippen molar-refractivity contribution in [3.05, 3.63) is 0 Å². The maximum atomic E-state index is 11.9. The molecule has 0 aliphatic rings. The van der Waals surface area contributed by atoms with Gasteiger partial charge in [0.15, 0.2) is 0 Å². The summed E-state index contributed by atoms with van der Waals surface area (Å²) in [7, 11) is 0. The molecule has 0 amide bonds. The number of carboxylic acids is 1. The minimum Gasteiger partial charge on any atom is -0.479 e. The highest BCUT2D eigenvalue weighted by atomic mass is 16.6. The van der Waals surface area contributed by atoms with Gasteiger partial charge in [-0.25, -0.2) is 9.59 Å². The molecule has 0 aromatic heterocycles. The normalized spacial score (nSPS) is 15.9. The second-order valence-electron chi connectivity index (χ2n) is 6.84. The van der Waals surface area contributed by atoms with Crippen molar-refractivity contribution in [1.29, 1.82) is 0 Å². The molecule has 0 rings (SSSR count). The molecule has 0 radical (unpaired) electrons. The molecule has 0 spiro atoms. The Labute approximate surface area is 109 Å². The van der Waals surface area contributed by atoms with Crippen molar-refractivity contribution in [1.82, 2.24) is 0 Å². The van der Waals surface area contributed by atoms with Crippen LogP contribution in [0.25, 0.3) is 0 Å². The second kappa shape index (κ2) is 5.26. The van der Waals surface area contributed by atoms with Crippen LogP contribution in [0.1, 0.15) is 54.4 Å². The number of hydrogen-bond donors (Lipinski definition) is 2. The molecule has 0 heterocycles. The van der Waals surface area contributed by atoms with Crippen LogP contribution in [0.2, 0.25) is 0 Å². The lowest BCUT2D eigenvalue weighted by Gasteiger charge is -2.30. The Balaban J connectivity index is 4.93. The van der Waals surface area contributed by atoms with Gasteiger partial charge >= 0.3 is 11.9 Å². The van der Waals surface area contributed by atoms with Crippen LogP contribution >= 0.6 is 0 Å². The molecule has 18 heavy (non-hydrogen) atoms. The molecule has 1 atom stereocenters. The standard InChI is InChI=1S/C13H25NO4/c1-11(2,3)7-8-13(14,9(15)16)10(17)18-12(4,5)6/h7-8,14H2,1-6H3,(H,15,16). The van der Waals surface area contributed by atoms with Crippen molar-refractivity contribution in [3.8, 4) is 0 Å². The van der Waals surface area contributed by atoms with Gasteiger partial charge in [-0.1, -0.05) is 20.8 Å². The summed E-state index contributed by atoms with van der Waals surface area (Å²) < 4.78 is 5.08. The Morgan fingerprint density at radius 2 is 1.50 bits per heavy atom. The SMILES string of the molecule is CC(C)(C)CCC(N)(C(=O)O)C(=O)OC(C)(C)C. The molecule has 0 saturated carbocycles. The topological polar surface area (TPSA) is 89.6 Å². The van der Waals surface area contributed by atoms with Crippen LogP contribution in [-0.2, 0) is 14.3 Å². The summed E-state index contributed by atoms with van der Waals surface area (Å²) in [5.74, 6) is -2.23. The average Bonchev–Trinajstić information content (AvgIpc) is 2.09. The van der Waals surface area contributed by atoms with E-state index in [0.717, 1.165) is 0 Å². The van der Waals surface area contributed by atoms with Crippen molar-refractivity contribution in [2.75, 3.05) is 0 Å². The fourth-order valence-electron chi connectivity index (χ4n) is 1.24. The van der Waals surface area contributed by atoms with Crippen molar-refractivity contribution >= 4 is 11.9 Å². The van der Waals surface area contributed by atoms with E-state index in [1.54, 1.807) is 20.8 Å². The van der Waals surface area contributed by atoms with Gasteiger partial charge in [0.05, 0.1) is 0 Å². The third-order valence-electron chi connectivity index (χ3n) is 2.41. The van der Waals surface area contributed by atoms with E-state index in [2.05, 4.69) is 0 Å². The molecule has 1 unspecified atom stereocenters. The molecular formula is C13H25NO4. The predicted molar refractivity (Wildman–Crippen MR) is 69.1 cm³/mol. The maximum Gasteiger partial charge on any atom is 0.338 e. The van der Waals surface area contributed by atoms with Gasteiger partial charge in [0.2, 0.25) is 5.54 Å². The number of rotatable bonds is 4. The minimum absolute atomic E-state index is 0.0563. The van der Waals surface area contributed by atoms with Crippen molar-refractivity contribution in [3.63, 3.8) is 0 Å². The summed E-state index contributed by atoms with van der Waals surface area (Å²) in [6, 6.07) is 0. The summed E-state index contributed by atoms with van der Waals surface area (Å²) in [6.07, 6.45) is 0.579. The van der Waals surface area contributed by atoms with Gasteiger partial charge in [0.1, 0.15) is 5.60 Å². The fourth-order valence-corrected chi connectivity index (χ4v) is 1.24. The summed E-state index contributed by atoms with van der Waals surface area (Å²) in [6.45, 7) is 10.9. The molecule has 0 bridgehead atoms. The van der Waals surface area contributed by atoms with E-state index in [0.29, 0.717) is 6.42 Å². The Kier molecular flexibility index (Phi) is 4.94. The van der Waals surface area contributed by atoms with Crippen molar-refractivity contribution < 1.29 is 19.4 Å². The highest BCUT2D eigenvalue weighted by Crippen LogP contribution is 2.26. The summed E-state index contributed by atoms with van der Waals surface area (Å²) in [4.78, 5) is 23.2. The molecule has 0 fully saturated rings. The van der Waals surface area contributed by atoms with E-state index in [1.807, 2.05) is 20.8 Å². The van der Waals surface area contributed by atoms with Crippen LogP contribution < -0.4 is 5.73 Å². The first-order chi connectivity index (χ1) is 7.78. The predicted octanol–water partition coefficient (Wildman–Crippen LogP) is 1.94. The number of ether oxygens (including phenoxy) is 1. The molecular weight excluding hydrogens is 234 g/mol. The lowest BCUT2D eigenvalue weighted by Crippen LogP contribution is -2.57. The summed E-state index contributed by atoms with van der Waals surface area (Å²) in [5, 5.41) is 9.17. The first-order valence-electron chi connectivity index (χ1n) is 6.04. The van der Waals surface area contributed by atoms with Gasteiger partial charge in [-0.15, -0.1) is 0 Å². The third kappa shape index (κ3) is 5.49. The minimum atomic E-state index is -1.97. The number of aliphatic carboxylic acids is 1. The van der Waals surface area contributed by atoms with Gasteiger partial charge in [-0.05, 0) is 39.0 Å². The van der Waals surface area contributed by atoms with Crippen LogP contribution in [0.5, 0.6) is 0 Å². The van der Waals surface area contributed by atoms with Gasteiger partial charge < -0.3 is 15.6 Å². The number of esters is 1. The van der Waals surface area contributed by atoms with Crippen molar-refractivity contribution in [2.24, 2.45) is 11.1 Å². The summed E-state index contributed by atoms with van der Waals surface area (Å²) in [5.41, 5.74) is 2.91. The van der Waals surface area contributed by atoms with Gasteiger partial charge in [0, 0.05) is 0 Å². The average molecular weight is 259 g/mol. The van der Waals surface area contributed by atoms with Gasteiger partial charge in [-0.3, -0.25) is 0 Å². The smallest absolute Gasteiger partial charge is 0.338 e. The largest absolute Gasteiger partial charge is 0.479 e. The Morgan fingerprint density at radius 3 is 1.78 bits per heavy atom. The van der Waals surface area contributed by atoms with E-state index >= 15 is 0 Å². The van der Waals surface area contributed by atoms with E-state index < -0.39 is 23.1 Å². The zero-order valence-corrected chi connectivity index (χ0v) is 12.2. The Hall–Kier alpha value is -1.10. The summed E-state index contributed by atoms with van der Waals surface area (Å²) >= 11 is 0. The molecule has 5 heteroatoms. The number of hydrogen-bond acceptors (Lipinski definition) is 4. The first-order valence-corrected chi connectivity index (χ1v) is 6.04. The van der Waals surface area contributed by atoms with Crippen LogP contribution in [0.15, 0.2) is 0 Å². The Morgan fingerprint density at radius 1 is 1.06 bits per heavy atom. The number of carboxylic acid groups (broad SMARTS) is 1. The molecule has 3 N–H and O–H groups in total. The molecule has 0 aliphatic carbocycles. The van der Waals surface area contributed by atoms with E-state index in [1.165, 1.54) is 0 Å². The molecule has 0 saturated heterocycles.